The Morgan fingerprint density at radius 3 is 2.87 bits per heavy atom. The van der Waals surface area contributed by atoms with Crippen molar-refractivity contribution in [3.63, 3.8) is 0 Å². The number of aromatic nitrogens is 4. The lowest BCUT2D eigenvalue weighted by molar-refractivity contribution is 0.149. The maximum atomic E-state index is 13.8. The van der Waals surface area contributed by atoms with E-state index in [0.717, 1.165) is 0 Å². The lowest BCUT2D eigenvalue weighted by atomic mass is 10.3. The Morgan fingerprint density at radius 2 is 2.22 bits per heavy atom. The summed E-state index contributed by atoms with van der Waals surface area (Å²) in [5, 5.41) is 4.83. The topological polar surface area (TPSA) is 52.8 Å². The first-order chi connectivity index (χ1) is 11.1. The fraction of sp³-hybridized carbons (Fsp3) is 0.400. The van der Waals surface area contributed by atoms with Gasteiger partial charge in [0.1, 0.15) is 23.5 Å². The molecule has 124 valence electrons. The summed E-state index contributed by atoms with van der Waals surface area (Å²) < 4.78 is 32.7. The zero-order valence-corrected chi connectivity index (χ0v) is 13.6. The molecule has 0 N–H and O–H groups in total. The van der Waals surface area contributed by atoms with Crippen LogP contribution in [-0.2, 0) is 11.2 Å². The molecule has 23 heavy (non-hydrogen) atoms. The van der Waals surface area contributed by atoms with Crippen LogP contribution in [0, 0.1) is 0 Å². The molecule has 0 bridgehead atoms. The second-order valence-corrected chi connectivity index (χ2v) is 5.00. The highest BCUT2D eigenvalue weighted by atomic mass is 35.5. The Hall–Kier alpha value is -1.86. The fourth-order valence-corrected chi connectivity index (χ4v) is 2.23. The van der Waals surface area contributed by atoms with E-state index in [1.165, 1.54) is 30.0 Å². The average molecular weight is 343 g/mol. The van der Waals surface area contributed by atoms with Crippen molar-refractivity contribution in [3.05, 3.63) is 35.2 Å². The van der Waals surface area contributed by atoms with Crippen LogP contribution in [0.1, 0.15) is 19.7 Å². The van der Waals surface area contributed by atoms with E-state index in [4.69, 9.17) is 16.3 Å². The summed E-state index contributed by atoms with van der Waals surface area (Å²) >= 11 is 6.14. The molecule has 2 rings (SSSR count). The molecule has 0 unspecified atom stereocenters. The van der Waals surface area contributed by atoms with E-state index >= 15 is 0 Å². The lowest BCUT2D eigenvalue weighted by Gasteiger charge is -2.06. The van der Waals surface area contributed by atoms with Crippen LogP contribution in [0.15, 0.2) is 24.2 Å². The number of hydrogen-bond acceptors (Lipinski definition) is 4. The maximum absolute atomic E-state index is 13.8. The van der Waals surface area contributed by atoms with E-state index in [1.807, 2.05) is 6.92 Å². The predicted molar refractivity (Wildman–Crippen MR) is 85.6 cm³/mol. The number of hydrogen-bond donors (Lipinski definition) is 0. The van der Waals surface area contributed by atoms with E-state index < -0.39 is 12.5 Å². The third kappa shape index (κ3) is 4.11. The number of alkyl halides is 1. The summed E-state index contributed by atoms with van der Waals surface area (Å²) in [5.74, 6) is -0.0340. The van der Waals surface area contributed by atoms with Gasteiger partial charge < -0.3 is 4.74 Å². The largest absolute Gasteiger partial charge is 0.381 e. The first kappa shape index (κ1) is 17.5. The highest BCUT2D eigenvalue weighted by molar-refractivity contribution is 6.33. The van der Waals surface area contributed by atoms with Crippen molar-refractivity contribution in [2.45, 2.75) is 20.3 Å². The van der Waals surface area contributed by atoms with Crippen molar-refractivity contribution in [1.82, 2.24) is 19.7 Å². The summed E-state index contributed by atoms with van der Waals surface area (Å²) in [4.78, 5) is 8.56. The number of fused-ring (bicyclic) bond motifs is 1. The van der Waals surface area contributed by atoms with Gasteiger partial charge in [-0.1, -0.05) is 17.7 Å². The van der Waals surface area contributed by atoms with Gasteiger partial charge in [0.05, 0.1) is 23.9 Å². The van der Waals surface area contributed by atoms with Gasteiger partial charge >= 0.3 is 0 Å². The molecule has 0 amide bonds. The Labute approximate surface area is 137 Å². The zero-order valence-electron chi connectivity index (χ0n) is 12.9. The van der Waals surface area contributed by atoms with Crippen LogP contribution in [-0.4, -0.2) is 39.6 Å². The van der Waals surface area contributed by atoms with Gasteiger partial charge in [0, 0.05) is 13.0 Å². The number of nitrogens with zero attached hydrogens (tertiary/aromatic N) is 4. The second-order valence-electron chi connectivity index (χ2n) is 4.65. The van der Waals surface area contributed by atoms with Gasteiger partial charge in [-0.05, 0) is 19.9 Å². The highest BCUT2D eigenvalue weighted by Gasteiger charge is 2.14. The van der Waals surface area contributed by atoms with E-state index in [2.05, 4.69) is 15.1 Å². The smallest absolute Gasteiger partial charge is 0.168 e. The molecule has 0 saturated carbocycles. The van der Waals surface area contributed by atoms with Crippen LogP contribution in [0.25, 0.3) is 16.7 Å². The summed E-state index contributed by atoms with van der Waals surface area (Å²) in [7, 11) is 0. The molecule has 0 aliphatic rings. The average Bonchev–Trinajstić information content (AvgIpc) is 2.92. The first-order valence-electron chi connectivity index (χ1n) is 7.15. The molecule has 0 radical (unpaired) electrons. The molecule has 2 aromatic rings. The van der Waals surface area contributed by atoms with Gasteiger partial charge in [-0.25, -0.2) is 23.4 Å². The third-order valence-corrected chi connectivity index (χ3v) is 3.34. The molecule has 5 nitrogen and oxygen atoms in total. The normalized spacial score (nSPS) is 13.1. The summed E-state index contributed by atoms with van der Waals surface area (Å²) in [6.45, 7) is 3.51. The second kappa shape index (κ2) is 8.12. The molecule has 0 atom stereocenters. The molecule has 0 aliphatic carbocycles. The molecule has 0 aromatic carbocycles. The van der Waals surface area contributed by atoms with Crippen LogP contribution >= 0.6 is 11.6 Å². The van der Waals surface area contributed by atoms with Crippen LogP contribution in [0.5, 0.6) is 0 Å². The number of halogens is 3. The van der Waals surface area contributed by atoms with Crippen molar-refractivity contribution >= 4 is 28.3 Å². The molecule has 8 heteroatoms. The van der Waals surface area contributed by atoms with Crippen molar-refractivity contribution in [3.8, 4) is 0 Å². The van der Waals surface area contributed by atoms with Crippen LogP contribution < -0.4 is 0 Å². The molecule has 2 aromatic heterocycles. The molecular formula is C15H17ClF2N4O. The van der Waals surface area contributed by atoms with Crippen LogP contribution in [0.3, 0.4) is 0 Å². The van der Waals surface area contributed by atoms with Gasteiger partial charge in [-0.15, -0.1) is 0 Å². The highest BCUT2D eigenvalue weighted by Crippen LogP contribution is 2.24. The number of ether oxygens (including phenoxy) is 1. The first-order valence-corrected chi connectivity index (χ1v) is 7.53. The van der Waals surface area contributed by atoms with Crippen LogP contribution in [0.4, 0.5) is 8.78 Å². The van der Waals surface area contributed by atoms with Crippen LogP contribution in [0.2, 0.25) is 5.15 Å². The lowest BCUT2D eigenvalue weighted by Crippen LogP contribution is -2.06. The standard InChI is InChI=1S/C15H17ClF2N4O/c1-3-23-8-6-13-20-14(16)11-9-19-22(15(11)21-13)12(10(2)18)5-4-7-17/h4-5,9H,3,6-8H2,1-2H3/b5-4-,12-10-. The SMILES string of the molecule is CCOCCc1nc(Cl)c2cnn(C(/C=C\CF)=C(/C)F)c2n1. The number of rotatable bonds is 7. The molecule has 0 saturated heterocycles. The van der Waals surface area contributed by atoms with Gasteiger partial charge in [0.25, 0.3) is 0 Å². The Balaban J connectivity index is 2.48. The fourth-order valence-electron chi connectivity index (χ4n) is 2.00. The van der Waals surface area contributed by atoms with E-state index in [9.17, 15) is 8.78 Å². The predicted octanol–water partition coefficient (Wildman–Crippen LogP) is 3.74. The van der Waals surface area contributed by atoms with Gasteiger partial charge in [0.2, 0.25) is 0 Å². The minimum absolute atomic E-state index is 0.100. The summed E-state index contributed by atoms with van der Waals surface area (Å²) in [6, 6.07) is 0. The number of allylic oxidation sites excluding steroid dienone is 4. The summed E-state index contributed by atoms with van der Waals surface area (Å²) in [5.41, 5.74) is 0.468. The third-order valence-electron chi connectivity index (χ3n) is 3.05. The summed E-state index contributed by atoms with van der Waals surface area (Å²) in [6.07, 6.45) is 4.45. The van der Waals surface area contributed by atoms with E-state index in [1.54, 1.807) is 0 Å². The minimum Gasteiger partial charge on any atom is -0.381 e. The van der Waals surface area contributed by atoms with E-state index in [-0.39, 0.29) is 10.9 Å². The van der Waals surface area contributed by atoms with E-state index in [0.29, 0.717) is 36.5 Å². The van der Waals surface area contributed by atoms with Gasteiger partial charge in [0.15, 0.2) is 5.65 Å². The molecular weight excluding hydrogens is 326 g/mol. The molecule has 0 fully saturated rings. The molecule has 2 heterocycles. The Bertz CT molecular complexity index is 738. The molecule has 0 aliphatic heterocycles. The quantitative estimate of drug-likeness (QED) is 0.437. The van der Waals surface area contributed by atoms with Crippen molar-refractivity contribution in [2.24, 2.45) is 0 Å². The Kier molecular flexibility index (Phi) is 6.18. The van der Waals surface area contributed by atoms with Gasteiger partial charge in [-0.2, -0.15) is 5.10 Å². The zero-order chi connectivity index (χ0) is 16.8. The monoisotopic (exact) mass is 342 g/mol. The van der Waals surface area contributed by atoms with Crippen molar-refractivity contribution in [2.75, 3.05) is 19.9 Å². The Morgan fingerprint density at radius 1 is 1.43 bits per heavy atom. The van der Waals surface area contributed by atoms with Crippen molar-refractivity contribution < 1.29 is 13.5 Å². The molecule has 0 spiro atoms. The van der Waals surface area contributed by atoms with Crippen molar-refractivity contribution in [1.29, 1.82) is 0 Å². The minimum atomic E-state index is -0.703. The van der Waals surface area contributed by atoms with Gasteiger partial charge in [-0.3, -0.25) is 0 Å². The maximum Gasteiger partial charge on any atom is 0.168 e.